The number of nitrogens with zero attached hydrogens (tertiary/aromatic N) is 1. The summed E-state index contributed by atoms with van der Waals surface area (Å²) in [5, 5.41) is 0. The fraction of sp³-hybridized carbons (Fsp3) is 0.214. The Labute approximate surface area is 105 Å². The maximum atomic E-state index is 11.5. The molecule has 0 saturated carbocycles. The number of rotatable bonds is 3. The Bertz CT molecular complexity index is 599. The van der Waals surface area contributed by atoms with Crippen LogP contribution in [-0.4, -0.2) is 18.8 Å². The van der Waals surface area contributed by atoms with E-state index in [0.717, 1.165) is 16.9 Å². The molecule has 0 aliphatic heterocycles. The highest BCUT2D eigenvalue weighted by molar-refractivity contribution is 5.69. The van der Waals surface area contributed by atoms with Crippen LogP contribution in [0.25, 0.3) is 11.1 Å². The third kappa shape index (κ3) is 2.22. The molecule has 0 N–H and O–H groups in total. The molecule has 0 atom stereocenters. The van der Waals surface area contributed by atoms with Crippen molar-refractivity contribution in [2.24, 2.45) is 7.05 Å². The average Bonchev–Trinajstić information content (AvgIpc) is 2.41. The Morgan fingerprint density at radius 2 is 1.72 bits per heavy atom. The molecular weight excluding hydrogens is 230 g/mol. The zero-order valence-corrected chi connectivity index (χ0v) is 10.6. The molecule has 0 aliphatic rings. The van der Waals surface area contributed by atoms with Crippen molar-refractivity contribution >= 4 is 0 Å². The van der Waals surface area contributed by atoms with Gasteiger partial charge in [0.2, 0.25) is 0 Å². The van der Waals surface area contributed by atoms with E-state index in [1.54, 1.807) is 27.5 Å². The maximum absolute atomic E-state index is 11.5. The van der Waals surface area contributed by atoms with Crippen molar-refractivity contribution in [3.05, 3.63) is 46.9 Å². The number of pyridine rings is 1. The summed E-state index contributed by atoms with van der Waals surface area (Å²) in [6.45, 7) is 0. The topological polar surface area (TPSA) is 40.5 Å². The molecule has 1 aromatic heterocycles. The Hall–Kier alpha value is -2.23. The lowest BCUT2D eigenvalue weighted by molar-refractivity contribution is 0.413. The van der Waals surface area contributed by atoms with E-state index in [-0.39, 0.29) is 5.56 Å². The van der Waals surface area contributed by atoms with Gasteiger partial charge in [-0.2, -0.15) is 0 Å². The lowest BCUT2D eigenvalue weighted by Crippen LogP contribution is -2.15. The van der Waals surface area contributed by atoms with Gasteiger partial charge in [0.25, 0.3) is 5.56 Å². The average molecular weight is 245 g/mol. The molecule has 0 aliphatic carbocycles. The summed E-state index contributed by atoms with van der Waals surface area (Å²) < 4.78 is 11.9. The van der Waals surface area contributed by atoms with Gasteiger partial charge >= 0.3 is 0 Å². The molecule has 1 heterocycles. The molecule has 94 valence electrons. The second-order valence-corrected chi connectivity index (χ2v) is 3.93. The standard InChI is InChI=1S/C14H15NO3/c1-15-9-12(13(18-3)8-14(15)16)10-4-6-11(17-2)7-5-10/h4-9H,1-3H3. The summed E-state index contributed by atoms with van der Waals surface area (Å²) in [6, 6.07) is 9.10. The van der Waals surface area contributed by atoms with Crippen LogP contribution in [0, 0.1) is 0 Å². The van der Waals surface area contributed by atoms with E-state index in [0.29, 0.717) is 5.75 Å². The summed E-state index contributed by atoms with van der Waals surface area (Å²) in [5.41, 5.74) is 1.76. The van der Waals surface area contributed by atoms with E-state index in [1.165, 1.54) is 10.6 Å². The Morgan fingerprint density at radius 3 is 2.28 bits per heavy atom. The van der Waals surface area contributed by atoms with Crippen LogP contribution >= 0.6 is 0 Å². The summed E-state index contributed by atoms with van der Waals surface area (Å²) in [6.07, 6.45) is 1.77. The third-order valence-corrected chi connectivity index (χ3v) is 2.81. The molecule has 0 saturated heterocycles. The Balaban J connectivity index is 2.54. The summed E-state index contributed by atoms with van der Waals surface area (Å²) in [7, 11) is 4.90. The molecule has 18 heavy (non-hydrogen) atoms. The van der Waals surface area contributed by atoms with Crippen molar-refractivity contribution in [2.75, 3.05) is 14.2 Å². The second-order valence-electron chi connectivity index (χ2n) is 3.93. The predicted molar refractivity (Wildman–Crippen MR) is 70.2 cm³/mol. The number of aryl methyl sites for hydroxylation is 1. The fourth-order valence-electron chi connectivity index (χ4n) is 1.77. The van der Waals surface area contributed by atoms with Crippen molar-refractivity contribution in [3.8, 4) is 22.6 Å². The van der Waals surface area contributed by atoms with E-state index in [9.17, 15) is 4.79 Å². The Kier molecular flexibility index (Phi) is 3.37. The van der Waals surface area contributed by atoms with Crippen LogP contribution < -0.4 is 15.0 Å². The number of hydrogen-bond acceptors (Lipinski definition) is 3. The number of ether oxygens (including phenoxy) is 2. The minimum absolute atomic E-state index is 0.0934. The SMILES string of the molecule is COc1ccc(-c2cn(C)c(=O)cc2OC)cc1. The zero-order chi connectivity index (χ0) is 13.1. The van der Waals surface area contributed by atoms with E-state index in [2.05, 4.69) is 0 Å². The minimum Gasteiger partial charge on any atom is -0.497 e. The molecule has 0 radical (unpaired) electrons. The monoisotopic (exact) mass is 245 g/mol. The lowest BCUT2D eigenvalue weighted by atomic mass is 10.1. The summed E-state index contributed by atoms with van der Waals surface area (Å²) in [5.74, 6) is 1.37. The number of hydrogen-bond donors (Lipinski definition) is 0. The van der Waals surface area contributed by atoms with Gasteiger partial charge in [0.05, 0.1) is 14.2 Å². The van der Waals surface area contributed by atoms with Gasteiger partial charge in [0, 0.05) is 24.9 Å². The number of aromatic nitrogens is 1. The maximum Gasteiger partial charge on any atom is 0.254 e. The first-order valence-corrected chi connectivity index (χ1v) is 5.55. The first-order chi connectivity index (χ1) is 8.65. The van der Waals surface area contributed by atoms with E-state index in [4.69, 9.17) is 9.47 Å². The van der Waals surface area contributed by atoms with Gasteiger partial charge in [0.15, 0.2) is 0 Å². The molecule has 0 fully saturated rings. The lowest BCUT2D eigenvalue weighted by Gasteiger charge is -2.10. The van der Waals surface area contributed by atoms with Gasteiger partial charge in [-0.15, -0.1) is 0 Å². The normalized spacial score (nSPS) is 10.2. The fourth-order valence-corrected chi connectivity index (χ4v) is 1.77. The highest BCUT2D eigenvalue weighted by atomic mass is 16.5. The van der Waals surface area contributed by atoms with Crippen molar-refractivity contribution in [1.29, 1.82) is 0 Å². The second kappa shape index (κ2) is 4.96. The molecule has 2 aromatic rings. The highest BCUT2D eigenvalue weighted by Gasteiger charge is 2.08. The van der Waals surface area contributed by atoms with Crippen LogP contribution in [0.15, 0.2) is 41.3 Å². The molecular formula is C14H15NO3. The predicted octanol–water partition coefficient (Wildman–Crippen LogP) is 2.07. The highest BCUT2D eigenvalue weighted by Crippen LogP contribution is 2.29. The van der Waals surface area contributed by atoms with Crippen LogP contribution in [0.5, 0.6) is 11.5 Å². The van der Waals surface area contributed by atoms with Gasteiger partial charge in [-0.05, 0) is 17.7 Å². The molecule has 0 bridgehead atoms. The largest absolute Gasteiger partial charge is 0.497 e. The van der Waals surface area contributed by atoms with Crippen molar-refractivity contribution in [2.45, 2.75) is 0 Å². The van der Waals surface area contributed by atoms with Gasteiger partial charge in [-0.3, -0.25) is 4.79 Å². The van der Waals surface area contributed by atoms with Gasteiger partial charge in [0.1, 0.15) is 11.5 Å². The molecule has 4 nitrogen and oxygen atoms in total. The molecule has 2 rings (SSSR count). The van der Waals surface area contributed by atoms with E-state index < -0.39 is 0 Å². The Morgan fingerprint density at radius 1 is 1.06 bits per heavy atom. The molecule has 4 heteroatoms. The molecule has 0 unspecified atom stereocenters. The van der Waals surface area contributed by atoms with Crippen molar-refractivity contribution in [3.63, 3.8) is 0 Å². The quantitative estimate of drug-likeness (QED) is 0.831. The van der Waals surface area contributed by atoms with Crippen LogP contribution in [0.3, 0.4) is 0 Å². The molecule has 0 spiro atoms. The van der Waals surface area contributed by atoms with Crippen molar-refractivity contribution in [1.82, 2.24) is 4.57 Å². The van der Waals surface area contributed by atoms with E-state index in [1.807, 2.05) is 24.3 Å². The zero-order valence-electron chi connectivity index (χ0n) is 10.6. The summed E-state index contributed by atoms with van der Waals surface area (Å²) in [4.78, 5) is 11.5. The van der Waals surface area contributed by atoms with Gasteiger partial charge in [-0.25, -0.2) is 0 Å². The van der Waals surface area contributed by atoms with Crippen molar-refractivity contribution < 1.29 is 9.47 Å². The van der Waals surface area contributed by atoms with Crippen LogP contribution in [0.4, 0.5) is 0 Å². The van der Waals surface area contributed by atoms with Crippen LogP contribution in [0.1, 0.15) is 0 Å². The first kappa shape index (κ1) is 12.2. The third-order valence-electron chi connectivity index (χ3n) is 2.81. The number of benzene rings is 1. The van der Waals surface area contributed by atoms with Crippen LogP contribution in [-0.2, 0) is 7.05 Å². The first-order valence-electron chi connectivity index (χ1n) is 5.55. The smallest absolute Gasteiger partial charge is 0.254 e. The number of methoxy groups -OCH3 is 2. The van der Waals surface area contributed by atoms with Gasteiger partial charge < -0.3 is 14.0 Å². The summed E-state index contributed by atoms with van der Waals surface area (Å²) >= 11 is 0. The van der Waals surface area contributed by atoms with Gasteiger partial charge in [-0.1, -0.05) is 12.1 Å². The minimum atomic E-state index is -0.0934. The molecule has 1 aromatic carbocycles. The van der Waals surface area contributed by atoms with E-state index >= 15 is 0 Å². The van der Waals surface area contributed by atoms with Crippen LogP contribution in [0.2, 0.25) is 0 Å². The molecule has 0 amide bonds.